The Morgan fingerprint density at radius 1 is 1.29 bits per heavy atom. The number of likely N-dealkylation sites (N-methyl/N-ethyl adjacent to an activating group) is 1. The minimum Gasteiger partial charge on any atom is -0.492 e. The zero-order chi connectivity index (χ0) is 15.2. The van der Waals surface area contributed by atoms with Gasteiger partial charge in [-0.2, -0.15) is 0 Å². The molecule has 0 radical (unpaired) electrons. The SMILES string of the molecule is Cc1cc(OCCN(C)C2CCNCC2)ccc1C(C)C. The van der Waals surface area contributed by atoms with E-state index in [1.165, 1.54) is 24.0 Å². The number of aryl methyl sites for hydroxylation is 1. The molecule has 0 atom stereocenters. The predicted octanol–water partition coefficient (Wildman–Crippen LogP) is 3.18. The van der Waals surface area contributed by atoms with Crippen LogP contribution >= 0.6 is 0 Å². The highest BCUT2D eigenvalue weighted by Crippen LogP contribution is 2.23. The zero-order valence-corrected chi connectivity index (χ0v) is 14.0. The summed E-state index contributed by atoms with van der Waals surface area (Å²) in [6.45, 7) is 10.7. The Labute approximate surface area is 129 Å². The van der Waals surface area contributed by atoms with E-state index >= 15 is 0 Å². The van der Waals surface area contributed by atoms with E-state index < -0.39 is 0 Å². The van der Waals surface area contributed by atoms with Crippen molar-refractivity contribution in [3.8, 4) is 5.75 Å². The molecule has 1 aromatic carbocycles. The van der Waals surface area contributed by atoms with E-state index in [-0.39, 0.29) is 0 Å². The van der Waals surface area contributed by atoms with Crippen LogP contribution in [-0.4, -0.2) is 44.2 Å². The molecule has 0 aliphatic carbocycles. The Morgan fingerprint density at radius 3 is 2.62 bits per heavy atom. The monoisotopic (exact) mass is 290 g/mol. The second-order valence-electron chi connectivity index (χ2n) is 6.48. The van der Waals surface area contributed by atoms with Gasteiger partial charge in [0.15, 0.2) is 0 Å². The maximum atomic E-state index is 5.93. The number of piperidine rings is 1. The van der Waals surface area contributed by atoms with Crippen LogP contribution in [0.25, 0.3) is 0 Å². The van der Waals surface area contributed by atoms with Crippen molar-refractivity contribution in [2.75, 3.05) is 33.3 Å². The lowest BCUT2D eigenvalue weighted by atomic mass is 9.98. The van der Waals surface area contributed by atoms with Crippen molar-refractivity contribution in [1.82, 2.24) is 10.2 Å². The second-order valence-corrected chi connectivity index (χ2v) is 6.48. The molecule has 1 aliphatic rings. The minimum atomic E-state index is 0.574. The van der Waals surface area contributed by atoms with E-state index in [9.17, 15) is 0 Å². The summed E-state index contributed by atoms with van der Waals surface area (Å²) in [6.07, 6.45) is 2.50. The van der Waals surface area contributed by atoms with Gasteiger partial charge >= 0.3 is 0 Å². The number of nitrogens with one attached hydrogen (secondary N) is 1. The van der Waals surface area contributed by atoms with E-state index in [2.05, 4.69) is 56.2 Å². The molecule has 0 aromatic heterocycles. The van der Waals surface area contributed by atoms with Crippen molar-refractivity contribution < 1.29 is 4.74 Å². The van der Waals surface area contributed by atoms with Crippen molar-refractivity contribution in [2.45, 2.75) is 45.6 Å². The molecule has 21 heavy (non-hydrogen) atoms. The lowest BCUT2D eigenvalue weighted by Gasteiger charge is -2.31. The maximum absolute atomic E-state index is 5.93. The molecule has 3 nitrogen and oxygen atoms in total. The molecule has 0 saturated carbocycles. The fourth-order valence-corrected chi connectivity index (χ4v) is 3.12. The van der Waals surface area contributed by atoms with E-state index in [0.29, 0.717) is 12.0 Å². The topological polar surface area (TPSA) is 24.5 Å². The Bertz CT molecular complexity index is 439. The average molecular weight is 290 g/mol. The van der Waals surface area contributed by atoms with Crippen molar-refractivity contribution in [3.05, 3.63) is 29.3 Å². The van der Waals surface area contributed by atoms with Gasteiger partial charge in [-0.05, 0) is 69.1 Å². The van der Waals surface area contributed by atoms with Gasteiger partial charge in [0.05, 0.1) is 0 Å². The fraction of sp³-hybridized carbons (Fsp3) is 0.667. The molecule has 0 unspecified atom stereocenters. The molecule has 1 aromatic rings. The van der Waals surface area contributed by atoms with Gasteiger partial charge in [0.1, 0.15) is 12.4 Å². The van der Waals surface area contributed by atoms with Crippen LogP contribution in [0.2, 0.25) is 0 Å². The molecule has 1 heterocycles. The first-order valence-electron chi connectivity index (χ1n) is 8.22. The minimum absolute atomic E-state index is 0.574. The Kier molecular flexibility index (Phi) is 6.07. The summed E-state index contributed by atoms with van der Waals surface area (Å²) in [6, 6.07) is 7.18. The zero-order valence-electron chi connectivity index (χ0n) is 14.0. The van der Waals surface area contributed by atoms with Crippen LogP contribution in [0.1, 0.15) is 43.7 Å². The summed E-state index contributed by atoms with van der Waals surface area (Å²) in [5, 5.41) is 3.41. The van der Waals surface area contributed by atoms with Crippen LogP contribution in [0.15, 0.2) is 18.2 Å². The van der Waals surface area contributed by atoms with Crippen LogP contribution < -0.4 is 10.1 Å². The van der Waals surface area contributed by atoms with Gasteiger partial charge in [0.25, 0.3) is 0 Å². The Balaban J connectivity index is 1.79. The predicted molar refractivity (Wildman–Crippen MR) is 89.3 cm³/mol. The fourth-order valence-electron chi connectivity index (χ4n) is 3.12. The van der Waals surface area contributed by atoms with E-state index in [4.69, 9.17) is 4.74 Å². The van der Waals surface area contributed by atoms with Gasteiger partial charge in [0.2, 0.25) is 0 Å². The Morgan fingerprint density at radius 2 is 2.00 bits per heavy atom. The van der Waals surface area contributed by atoms with Crippen molar-refractivity contribution in [1.29, 1.82) is 0 Å². The highest BCUT2D eigenvalue weighted by atomic mass is 16.5. The van der Waals surface area contributed by atoms with E-state index in [0.717, 1.165) is 32.0 Å². The summed E-state index contributed by atoms with van der Waals surface area (Å²) >= 11 is 0. The van der Waals surface area contributed by atoms with Crippen LogP contribution in [0, 0.1) is 6.92 Å². The van der Waals surface area contributed by atoms with Crippen molar-refractivity contribution >= 4 is 0 Å². The van der Waals surface area contributed by atoms with Crippen LogP contribution in [0.4, 0.5) is 0 Å². The van der Waals surface area contributed by atoms with Crippen molar-refractivity contribution in [3.63, 3.8) is 0 Å². The number of nitrogens with zero attached hydrogens (tertiary/aromatic N) is 1. The second kappa shape index (κ2) is 7.81. The summed E-state index contributed by atoms with van der Waals surface area (Å²) in [4.78, 5) is 2.44. The third-order valence-electron chi connectivity index (χ3n) is 4.51. The van der Waals surface area contributed by atoms with Crippen LogP contribution in [-0.2, 0) is 0 Å². The lowest BCUT2D eigenvalue weighted by molar-refractivity contribution is 0.165. The molecule has 1 aliphatic heterocycles. The summed E-state index contributed by atoms with van der Waals surface area (Å²) in [7, 11) is 2.21. The largest absolute Gasteiger partial charge is 0.492 e. The molecule has 1 fully saturated rings. The highest BCUT2D eigenvalue weighted by molar-refractivity contribution is 5.36. The summed E-state index contributed by atoms with van der Waals surface area (Å²) < 4.78 is 5.93. The van der Waals surface area contributed by atoms with Gasteiger partial charge in [0, 0.05) is 12.6 Å². The normalized spacial score (nSPS) is 16.7. The van der Waals surface area contributed by atoms with Gasteiger partial charge in [-0.3, -0.25) is 4.90 Å². The van der Waals surface area contributed by atoms with Crippen LogP contribution in [0.5, 0.6) is 5.75 Å². The molecule has 2 rings (SSSR count). The number of benzene rings is 1. The smallest absolute Gasteiger partial charge is 0.119 e. The maximum Gasteiger partial charge on any atom is 0.119 e. The molecule has 1 N–H and O–H groups in total. The van der Waals surface area contributed by atoms with E-state index in [1.54, 1.807) is 0 Å². The molecule has 3 heteroatoms. The molecule has 1 saturated heterocycles. The summed E-state index contributed by atoms with van der Waals surface area (Å²) in [5.41, 5.74) is 2.74. The standard InChI is InChI=1S/C18H30N2O/c1-14(2)18-6-5-17(13-15(18)3)21-12-11-20(4)16-7-9-19-10-8-16/h5-6,13-14,16,19H,7-12H2,1-4H3. The first kappa shape index (κ1) is 16.3. The molecule has 0 bridgehead atoms. The first-order chi connectivity index (χ1) is 10.1. The number of hydrogen-bond donors (Lipinski definition) is 1. The van der Waals surface area contributed by atoms with Gasteiger partial charge in [-0.25, -0.2) is 0 Å². The number of ether oxygens (including phenoxy) is 1. The quantitative estimate of drug-likeness (QED) is 0.871. The average Bonchev–Trinajstić information content (AvgIpc) is 2.47. The molecule has 0 spiro atoms. The van der Waals surface area contributed by atoms with Gasteiger partial charge in [-0.15, -0.1) is 0 Å². The molecule has 0 amide bonds. The van der Waals surface area contributed by atoms with Gasteiger partial charge in [-0.1, -0.05) is 19.9 Å². The third kappa shape index (κ3) is 4.72. The highest BCUT2D eigenvalue weighted by Gasteiger charge is 2.17. The number of rotatable bonds is 6. The molecular formula is C18H30N2O. The first-order valence-corrected chi connectivity index (χ1v) is 8.22. The Hall–Kier alpha value is -1.06. The molecule has 118 valence electrons. The van der Waals surface area contributed by atoms with Crippen LogP contribution in [0.3, 0.4) is 0 Å². The van der Waals surface area contributed by atoms with Gasteiger partial charge < -0.3 is 10.1 Å². The molecular weight excluding hydrogens is 260 g/mol. The van der Waals surface area contributed by atoms with E-state index in [1.807, 2.05) is 0 Å². The summed E-state index contributed by atoms with van der Waals surface area (Å²) in [5.74, 6) is 1.57. The number of hydrogen-bond acceptors (Lipinski definition) is 3. The third-order valence-corrected chi connectivity index (χ3v) is 4.51. The van der Waals surface area contributed by atoms with Crippen molar-refractivity contribution in [2.24, 2.45) is 0 Å². The lowest BCUT2D eigenvalue weighted by Crippen LogP contribution is -2.42.